The molecule has 5 N–H and O–H groups in total. The molecule has 0 saturated heterocycles. The molecule has 0 fully saturated rings. The number of nitrogens with one attached hydrogen (secondary N) is 1. The molecule has 122 valence electrons. The first-order valence-corrected chi connectivity index (χ1v) is 6.85. The standard InChI is InChI=1S/C9H11NO3.C7H6ClNO/c1-5(10)6-3-4-7(11)9(13-2)8(6)12;8-6-3-1-5(2-4-6)7(9)10/h3-4,10-12H,1-2H3;1-4H,(H2,9,10). The number of carbonyl (C=O) groups is 1. The maximum atomic E-state index is 10.5. The number of amides is 1. The summed E-state index contributed by atoms with van der Waals surface area (Å²) in [4.78, 5) is 10.5. The number of aromatic hydroxyl groups is 2. The number of nitrogens with two attached hydrogens (primary N) is 1. The van der Waals surface area contributed by atoms with Gasteiger partial charge in [-0.3, -0.25) is 4.79 Å². The van der Waals surface area contributed by atoms with E-state index in [1.165, 1.54) is 19.2 Å². The van der Waals surface area contributed by atoms with Crippen molar-refractivity contribution in [3.63, 3.8) is 0 Å². The van der Waals surface area contributed by atoms with Crippen LogP contribution in [0.4, 0.5) is 0 Å². The van der Waals surface area contributed by atoms with Gasteiger partial charge < -0.3 is 26.1 Å². The number of phenolic OH excluding ortho intramolecular Hbond substituents is 2. The lowest BCUT2D eigenvalue weighted by atomic mass is 10.1. The fourth-order valence-electron chi connectivity index (χ4n) is 1.68. The second-order valence-electron chi connectivity index (χ2n) is 4.51. The summed E-state index contributed by atoms with van der Waals surface area (Å²) in [5.41, 5.74) is 6.03. The molecule has 0 unspecified atom stereocenters. The lowest BCUT2D eigenvalue weighted by Crippen LogP contribution is -2.10. The van der Waals surface area contributed by atoms with Crippen LogP contribution < -0.4 is 10.5 Å². The summed E-state index contributed by atoms with van der Waals surface area (Å²) in [6.07, 6.45) is 0. The summed E-state index contributed by atoms with van der Waals surface area (Å²) in [5.74, 6) is -0.763. The molecule has 6 nitrogen and oxygen atoms in total. The fourth-order valence-corrected chi connectivity index (χ4v) is 1.80. The molecule has 0 spiro atoms. The number of hydrogen-bond acceptors (Lipinski definition) is 5. The summed E-state index contributed by atoms with van der Waals surface area (Å²) >= 11 is 5.56. The van der Waals surface area contributed by atoms with Gasteiger partial charge in [-0.1, -0.05) is 11.6 Å². The second-order valence-corrected chi connectivity index (χ2v) is 4.95. The van der Waals surface area contributed by atoms with Crippen molar-refractivity contribution >= 4 is 23.2 Å². The number of halogens is 1. The number of methoxy groups -OCH3 is 1. The molecule has 0 heterocycles. The molecule has 0 atom stereocenters. The van der Waals surface area contributed by atoms with Gasteiger partial charge in [-0.05, 0) is 43.3 Å². The fraction of sp³-hybridized carbons (Fsp3) is 0.125. The van der Waals surface area contributed by atoms with Crippen LogP contribution >= 0.6 is 11.6 Å². The molecule has 0 aromatic heterocycles. The molecule has 2 aromatic carbocycles. The number of phenols is 2. The van der Waals surface area contributed by atoms with Gasteiger partial charge in [0.25, 0.3) is 0 Å². The Morgan fingerprint density at radius 2 is 1.74 bits per heavy atom. The molecule has 0 aliphatic rings. The predicted molar refractivity (Wildman–Crippen MR) is 88.8 cm³/mol. The van der Waals surface area contributed by atoms with Crippen LogP contribution in [-0.2, 0) is 0 Å². The highest BCUT2D eigenvalue weighted by Gasteiger charge is 2.13. The number of carbonyl (C=O) groups excluding carboxylic acids is 1. The number of ether oxygens (including phenoxy) is 1. The van der Waals surface area contributed by atoms with E-state index >= 15 is 0 Å². The Labute approximate surface area is 138 Å². The van der Waals surface area contributed by atoms with Gasteiger partial charge in [-0.2, -0.15) is 0 Å². The first kappa shape index (κ1) is 18.3. The van der Waals surface area contributed by atoms with Crippen LogP contribution in [0.25, 0.3) is 0 Å². The number of rotatable bonds is 3. The second kappa shape index (κ2) is 8.05. The molecule has 1 amide bonds. The van der Waals surface area contributed by atoms with Gasteiger partial charge in [0.2, 0.25) is 11.7 Å². The van der Waals surface area contributed by atoms with E-state index in [1.54, 1.807) is 31.2 Å². The Hall–Kier alpha value is -2.73. The lowest BCUT2D eigenvalue weighted by molar-refractivity contribution is 0.100. The van der Waals surface area contributed by atoms with Crippen molar-refractivity contribution in [2.45, 2.75) is 6.92 Å². The molecule has 2 rings (SSSR count). The predicted octanol–water partition coefficient (Wildman–Crippen LogP) is 2.93. The number of hydrogen-bond donors (Lipinski definition) is 4. The average molecular weight is 337 g/mol. The average Bonchev–Trinajstić information content (AvgIpc) is 2.48. The van der Waals surface area contributed by atoms with Crippen LogP contribution in [-0.4, -0.2) is 28.9 Å². The van der Waals surface area contributed by atoms with Gasteiger partial charge in [0.05, 0.1) is 7.11 Å². The summed E-state index contributed by atoms with van der Waals surface area (Å²) in [5, 5.41) is 26.7. The first-order valence-electron chi connectivity index (χ1n) is 6.47. The molecule has 23 heavy (non-hydrogen) atoms. The Morgan fingerprint density at radius 1 is 1.17 bits per heavy atom. The molecular weight excluding hydrogens is 320 g/mol. The minimum Gasteiger partial charge on any atom is -0.504 e. The first-order chi connectivity index (χ1) is 10.8. The van der Waals surface area contributed by atoms with E-state index in [2.05, 4.69) is 0 Å². The minimum absolute atomic E-state index is 0.00380. The topological polar surface area (TPSA) is 117 Å². The molecule has 0 bridgehead atoms. The minimum atomic E-state index is -0.434. The van der Waals surface area contributed by atoms with Crippen molar-refractivity contribution in [1.29, 1.82) is 5.41 Å². The third-order valence-electron chi connectivity index (χ3n) is 2.85. The van der Waals surface area contributed by atoms with E-state index < -0.39 is 5.91 Å². The number of benzene rings is 2. The molecule has 0 radical (unpaired) electrons. The van der Waals surface area contributed by atoms with Gasteiger partial charge in [-0.15, -0.1) is 0 Å². The smallest absolute Gasteiger partial charge is 0.248 e. The Bertz CT molecular complexity index is 715. The zero-order chi connectivity index (χ0) is 17.6. The van der Waals surface area contributed by atoms with E-state index in [-0.39, 0.29) is 23.0 Å². The molecule has 0 saturated carbocycles. The van der Waals surface area contributed by atoms with E-state index in [0.717, 1.165) is 0 Å². The van der Waals surface area contributed by atoms with Crippen LogP contribution in [0.1, 0.15) is 22.8 Å². The third-order valence-corrected chi connectivity index (χ3v) is 3.10. The van der Waals surface area contributed by atoms with Crippen molar-refractivity contribution in [3.05, 3.63) is 52.5 Å². The summed E-state index contributed by atoms with van der Waals surface area (Å²) in [6, 6.07) is 9.28. The molecular formula is C16H17ClN2O4. The summed E-state index contributed by atoms with van der Waals surface area (Å²) in [6.45, 7) is 1.55. The molecule has 2 aromatic rings. The van der Waals surface area contributed by atoms with Crippen LogP contribution in [0.5, 0.6) is 17.2 Å². The number of primary amides is 1. The maximum absolute atomic E-state index is 10.5. The summed E-state index contributed by atoms with van der Waals surface area (Å²) in [7, 11) is 1.35. The van der Waals surface area contributed by atoms with Gasteiger partial charge in [0, 0.05) is 21.9 Å². The van der Waals surface area contributed by atoms with Crippen LogP contribution in [0.15, 0.2) is 36.4 Å². The van der Waals surface area contributed by atoms with Crippen LogP contribution in [0.2, 0.25) is 5.02 Å². The van der Waals surface area contributed by atoms with Crippen molar-refractivity contribution in [2.75, 3.05) is 7.11 Å². The third kappa shape index (κ3) is 4.89. The molecule has 0 aliphatic heterocycles. The highest BCUT2D eigenvalue weighted by Crippen LogP contribution is 2.38. The van der Waals surface area contributed by atoms with Crippen molar-refractivity contribution < 1.29 is 19.7 Å². The summed E-state index contributed by atoms with van der Waals surface area (Å²) < 4.78 is 4.77. The van der Waals surface area contributed by atoms with Crippen molar-refractivity contribution in [1.82, 2.24) is 0 Å². The van der Waals surface area contributed by atoms with E-state index in [4.69, 9.17) is 27.5 Å². The zero-order valence-corrected chi connectivity index (χ0v) is 13.4. The SMILES string of the molecule is COc1c(O)ccc(C(C)=N)c1O.NC(=O)c1ccc(Cl)cc1. The lowest BCUT2D eigenvalue weighted by Gasteiger charge is -2.08. The van der Waals surface area contributed by atoms with Gasteiger partial charge in [0.15, 0.2) is 11.5 Å². The van der Waals surface area contributed by atoms with E-state index in [0.29, 0.717) is 16.1 Å². The van der Waals surface area contributed by atoms with E-state index in [9.17, 15) is 15.0 Å². The van der Waals surface area contributed by atoms with Crippen LogP contribution in [0, 0.1) is 5.41 Å². The largest absolute Gasteiger partial charge is 0.504 e. The Balaban J connectivity index is 0.000000238. The van der Waals surface area contributed by atoms with Crippen LogP contribution in [0.3, 0.4) is 0 Å². The molecule has 0 aliphatic carbocycles. The normalized spacial score (nSPS) is 9.52. The monoisotopic (exact) mass is 336 g/mol. The Morgan fingerprint density at radius 3 is 2.17 bits per heavy atom. The van der Waals surface area contributed by atoms with Gasteiger partial charge in [0.1, 0.15) is 0 Å². The molecule has 7 heteroatoms. The maximum Gasteiger partial charge on any atom is 0.248 e. The van der Waals surface area contributed by atoms with Crippen molar-refractivity contribution in [2.24, 2.45) is 5.73 Å². The highest BCUT2D eigenvalue weighted by molar-refractivity contribution is 6.30. The van der Waals surface area contributed by atoms with Gasteiger partial charge >= 0.3 is 0 Å². The zero-order valence-electron chi connectivity index (χ0n) is 12.6. The highest BCUT2D eigenvalue weighted by atomic mass is 35.5. The Kier molecular flexibility index (Phi) is 6.41. The van der Waals surface area contributed by atoms with E-state index in [1.807, 2.05) is 0 Å². The van der Waals surface area contributed by atoms with Gasteiger partial charge in [-0.25, -0.2) is 0 Å². The van der Waals surface area contributed by atoms with Crippen molar-refractivity contribution in [3.8, 4) is 17.2 Å². The quantitative estimate of drug-likeness (QED) is 0.644.